The zero-order chi connectivity index (χ0) is 24.6. The molecule has 0 spiro atoms. The average Bonchev–Trinajstić information content (AvgIpc) is 3.15. The van der Waals surface area contributed by atoms with Crippen LogP contribution in [-0.4, -0.2) is 46.2 Å². The molecule has 1 aliphatic heterocycles. The predicted octanol–water partition coefficient (Wildman–Crippen LogP) is 3.87. The van der Waals surface area contributed by atoms with E-state index in [4.69, 9.17) is 4.74 Å². The van der Waals surface area contributed by atoms with Gasteiger partial charge in [-0.05, 0) is 44.4 Å². The number of aryl methyl sites for hydroxylation is 1. The number of ether oxygens (including phenoxy) is 1. The molecule has 0 unspecified atom stereocenters. The summed E-state index contributed by atoms with van der Waals surface area (Å²) in [4.78, 5) is 27.2. The lowest BCUT2D eigenvalue weighted by atomic mass is 9.95. The van der Waals surface area contributed by atoms with Crippen molar-refractivity contribution >= 4 is 11.8 Å². The lowest BCUT2D eigenvalue weighted by molar-refractivity contribution is -0.136. The molecule has 0 atom stereocenters. The number of nitrogens with one attached hydrogen (secondary N) is 1. The Morgan fingerprint density at radius 3 is 2.34 bits per heavy atom. The molecule has 1 aromatic heterocycles. The highest BCUT2D eigenvalue weighted by Gasteiger charge is 2.27. The fraction of sp³-hybridized carbons (Fsp3) is 0.393. The third-order valence-corrected chi connectivity index (χ3v) is 6.69. The molecule has 0 bridgehead atoms. The van der Waals surface area contributed by atoms with Crippen LogP contribution in [0.1, 0.15) is 41.8 Å². The predicted molar refractivity (Wildman–Crippen MR) is 135 cm³/mol. The Bertz CT molecular complexity index is 1120. The first-order valence-corrected chi connectivity index (χ1v) is 12.3. The standard InChI is InChI=1S/C28H34N4O3/c1-21-26(22(2)32(30-21)20-23-9-5-3-6-10-23)19-29-28(34)24-13-16-31(17-14-24)27(33)15-18-35-25-11-7-4-8-12-25/h3-12,24H,13-20H2,1-2H3,(H,29,34). The van der Waals surface area contributed by atoms with Crippen LogP contribution in [0.25, 0.3) is 0 Å². The van der Waals surface area contributed by atoms with Gasteiger partial charge in [-0.2, -0.15) is 5.10 Å². The molecule has 2 amide bonds. The monoisotopic (exact) mass is 474 g/mol. The number of hydrogen-bond acceptors (Lipinski definition) is 4. The second-order valence-electron chi connectivity index (χ2n) is 9.08. The van der Waals surface area contributed by atoms with Crippen LogP contribution in [0.4, 0.5) is 0 Å². The molecule has 0 radical (unpaired) electrons. The van der Waals surface area contributed by atoms with Gasteiger partial charge in [0.15, 0.2) is 0 Å². The van der Waals surface area contributed by atoms with Crippen molar-refractivity contribution in [3.8, 4) is 5.75 Å². The lowest BCUT2D eigenvalue weighted by Gasteiger charge is -2.31. The maximum atomic E-state index is 12.8. The molecule has 2 heterocycles. The Morgan fingerprint density at radius 2 is 1.66 bits per heavy atom. The van der Waals surface area contributed by atoms with Crippen LogP contribution in [0.15, 0.2) is 60.7 Å². The number of amides is 2. The van der Waals surface area contributed by atoms with Crippen molar-refractivity contribution in [3.63, 3.8) is 0 Å². The first kappa shape index (κ1) is 24.5. The molecule has 1 aliphatic rings. The summed E-state index contributed by atoms with van der Waals surface area (Å²) in [6, 6.07) is 19.7. The average molecular weight is 475 g/mol. The summed E-state index contributed by atoms with van der Waals surface area (Å²) in [5, 5.41) is 7.79. The number of nitrogens with zero attached hydrogens (tertiary/aromatic N) is 3. The van der Waals surface area contributed by atoms with Crippen LogP contribution < -0.4 is 10.1 Å². The quantitative estimate of drug-likeness (QED) is 0.511. The molecular formula is C28H34N4O3. The highest BCUT2D eigenvalue weighted by Crippen LogP contribution is 2.20. The van der Waals surface area contributed by atoms with Gasteiger partial charge in [0.1, 0.15) is 5.75 Å². The number of likely N-dealkylation sites (tertiary alicyclic amines) is 1. The van der Waals surface area contributed by atoms with Crippen LogP contribution in [0, 0.1) is 19.8 Å². The third-order valence-electron chi connectivity index (χ3n) is 6.69. The molecule has 0 saturated carbocycles. The van der Waals surface area contributed by atoms with E-state index in [9.17, 15) is 9.59 Å². The van der Waals surface area contributed by atoms with E-state index in [2.05, 4.69) is 29.5 Å². The molecule has 184 valence electrons. The topological polar surface area (TPSA) is 76.5 Å². The van der Waals surface area contributed by atoms with Gasteiger partial charge in [0.05, 0.1) is 25.3 Å². The number of hydrogen-bond donors (Lipinski definition) is 1. The molecule has 1 fully saturated rings. The molecular weight excluding hydrogens is 440 g/mol. The van der Waals surface area contributed by atoms with E-state index in [1.807, 2.05) is 65.0 Å². The number of carbonyl (C=O) groups excluding carboxylic acids is 2. The second kappa shape index (κ2) is 11.7. The van der Waals surface area contributed by atoms with Crippen LogP contribution in [0.5, 0.6) is 5.75 Å². The van der Waals surface area contributed by atoms with Crippen molar-refractivity contribution in [3.05, 3.63) is 83.2 Å². The highest BCUT2D eigenvalue weighted by molar-refractivity contribution is 5.80. The van der Waals surface area contributed by atoms with Gasteiger partial charge in [0.25, 0.3) is 0 Å². The summed E-state index contributed by atoms with van der Waals surface area (Å²) in [6.45, 7) is 6.80. The summed E-state index contributed by atoms with van der Waals surface area (Å²) in [5.74, 6) is 0.836. The van der Waals surface area contributed by atoms with Crippen molar-refractivity contribution in [2.45, 2.75) is 46.2 Å². The number of para-hydroxylation sites is 1. The zero-order valence-electron chi connectivity index (χ0n) is 20.6. The Kier molecular flexibility index (Phi) is 8.19. The molecule has 2 aromatic carbocycles. The van der Waals surface area contributed by atoms with E-state index in [0.717, 1.165) is 22.7 Å². The fourth-order valence-electron chi connectivity index (χ4n) is 4.54. The van der Waals surface area contributed by atoms with Crippen molar-refractivity contribution in [1.29, 1.82) is 0 Å². The number of benzene rings is 2. The minimum atomic E-state index is -0.0698. The van der Waals surface area contributed by atoms with Crippen LogP contribution in [0.3, 0.4) is 0 Å². The van der Waals surface area contributed by atoms with E-state index in [0.29, 0.717) is 52.0 Å². The number of aromatic nitrogens is 2. The van der Waals surface area contributed by atoms with Gasteiger partial charge in [-0.25, -0.2) is 0 Å². The zero-order valence-corrected chi connectivity index (χ0v) is 20.6. The number of piperidine rings is 1. The summed E-state index contributed by atoms with van der Waals surface area (Å²) in [6.07, 6.45) is 1.71. The number of carbonyl (C=O) groups is 2. The minimum absolute atomic E-state index is 0.0547. The molecule has 1 N–H and O–H groups in total. The Morgan fingerprint density at radius 1 is 1.00 bits per heavy atom. The largest absolute Gasteiger partial charge is 0.493 e. The van der Waals surface area contributed by atoms with E-state index >= 15 is 0 Å². The van der Waals surface area contributed by atoms with Gasteiger partial charge in [0.2, 0.25) is 11.8 Å². The maximum Gasteiger partial charge on any atom is 0.225 e. The molecule has 0 aliphatic carbocycles. The van der Waals surface area contributed by atoms with E-state index in [1.54, 1.807) is 0 Å². The van der Waals surface area contributed by atoms with Gasteiger partial charge in [-0.3, -0.25) is 14.3 Å². The van der Waals surface area contributed by atoms with Crippen molar-refractivity contribution in [2.24, 2.45) is 5.92 Å². The molecule has 3 aromatic rings. The van der Waals surface area contributed by atoms with Gasteiger partial charge in [0, 0.05) is 36.8 Å². The Balaban J connectivity index is 1.21. The van der Waals surface area contributed by atoms with Crippen molar-refractivity contribution in [1.82, 2.24) is 20.0 Å². The smallest absolute Gasteiger partial charge is 0.225 e. The number of rotatable bonds is 9. The first-order valence-electron chi connectivity index (χ1n) is 12.3. The highest BCUT2D eigenvalue weighted by atomic mass is 16.5. The summed E-state index contributed by atoms with van der Waals surface area (Å²) in [5.41, 5.74) is 4.28. The Labute approximate surface area is 207 Å². The lowest BCUT2D eigenvalue weighted by Crippen LogP contribution is -2.43. The van der Waals surface area contributed by atoms with Gasteiger partial charge in [-0.1, -0.05) is 48.5 Å². The Hall–Kier alpha value is -3.61. The fourth-order valence-corrected chi connectivity index (χ4v) is 4.54. The van der Waals surface area contributed by atoms with Gasteiger partial charge in [-0.15, -0.1) is 0 Å². The third kappa shape index (κ3) is 6.50. The summed E-state index contributed by atoms with van der Waals surface area (Å²) in [7, 11) is 0. The second-order valence-corrected chi connectivity index (χ2v) is 9.08. The summed E-state index contributed by atoms with van der Waals surface area (Å²) < 4.78 is 7.63. The van der Waals surface area contributed by atoms with Crippen molar-refractivity contribution in [2.75, 3.05) is 19.7 Å². The molecule has 7 nitrogen and oxygen atoms in total. The van der Waals surface area contributed by atoms with Crippen LogP contribution >= 0.6 is 0 Å². The van der Waals surface area contributed by atoms with E-state index in [-0.39, 0.29) is 17.7 Å². The molecule has 1 saturated heterocycles. The minimum Gasteiger partial charge on any atom is -0.493 e. The van der Waals surface area contributed by atoms with Gasteiger partial charge < -0.3 is 15.0 Å². The molecule has 7 heteroatoms. The van der Waals surface area contributed by atoms with Gasteiger partial charge >= 0.3 is 0 Å². The normalized spacial score (nSPS) is 14.1. The van der Waals surface area contributed by atoms with E-state index < -0.39 is 0 Å². The van der Waals surface area contributed by atoms with Crippen LogP contribution in [-0.2, 0) is 22.7 Å². The van der Waals surface area contributed by atoms with E-state index in [1.165, 1.54) is 5.56 Å². The maximum absolute atomic E-state index is 12.8. The molecule has 35 heavy (non-hydrogen) atoms. The first-order chi connectivity index (χ1) is 17.0. The summed E-state index contributed by atoms with van der Waals surface area (Å²) >= 11 is 0. The van der Waals surface area contributed by atoms with Crippen molar-refractivity contribution < 1.29 is 14.3 Å². The SMILES string of the molecule is Cc1nn(Cc2ccccc2)c(C)c1CNC(=O)C1CCN(C(=O)CCOc2ccccc2)CC1. The van der Waals surface area contributed by atoms with Crippen LogP contribution in [0.2, 0.25) is 0 Å². The molecule has 4 rings (SSSR count).